The van der Waals surface area contributed by atoms with E-state index < -0.39 is 0 Å². The van der Waals surface area contributed by atoms with Crippen LogP contribution in [0.2, 0.25) is 0 Å². The van der Waals surface area contributed by atoms with Crippen LogP contribution in [0.3, 0.4) is 0 Å². The number of halogens is 1. The molecule has 0 aromatic heterocycles. The first-order chi connectivity index (χ1) is 10.2. The maximum Gasteiger partial charge on any atom is 0.0318 e. The van der Waals surface area contributed by atoms with E-state index in [0.29, 0.717) is 0 Å². The minimum absolute atomic E-state index is 0.825. The summed E-state index contributed by atoms with van der Waals surface area (Å²) >= 11 is 3.64. The Morgan fingerprint density at radius 1 is 1.05 bits per heavy atom. The second-order valence-corrected chi connectivity index (χ2v) is 7.31. The summed E-state index contributed by atoms with van der Waals surface area (Å²) < 4.78 is 1.18. The lowest BCUT2D eigenvalue weighted by Gasteiger charge is -2.40. The third-order valence-corrected chi connectivity index (χ3v) is 5.70. The number of nitrogens with two attached hydrogens (primary N) is 1. The van der Waals surface area contributed by atoms with Crippen LogP contribution < -0.4 is 5.73 Å². The van der Waals surface area contributed by atoms with E-state index in [4.69, 9.17) is 5.73 Å². The van der Waals surface area contributed by atoms with Gasteiger partial charge < -0.3 is 10.6 Å². The molecule has 2 aliphatic rings. The highest BCUT2D eigenvalue weighted by molar-refractivity contribution is 9.10. The van der Waals surface area contributed by atoms with Gasteiger partial charge in [-0.15, -0.1) is 0 Å². The van der Waals surface area contributed by atoms with Crippen molar-refractivity contribution >= 4 is 21.6 Å². The Bertz CT molecular complexity index is 463. The van der Waals surface area contributed by atoms with Crippen molar-refractivity contribution in [3.63, 3.8) is 0 Å². The van der Waals surface area contributed by atoms with Gasteiger partial charge in [-0.3, -0.25) is 4.90 Å². The molecule has 0 spiro atoms. The highest BCUT2D eigenvalue weighted by Gasteiger charge is 2.25. The first-order valence-electron chi connectivity index (χ1n) is 8.23. The van der Waals surface area contributed by atoms with E-state index >= 15 is 0 Å². The minimum Gasteiger partial charge on any atom is -0.399 e. The maximum absolute atomic E-state index is 5.91. The Labute approximate surface area is 136 Å². The van der Waals surface area contributed by atoms with Gasteiger partial charge in [0, 0.05) is 22.7 Å². The van der Waals surface area contributed by atoms with Crippen molar-refractivity contribution in [2.24, 2.45) is 0 Å². The third-order valence-electron chi connectivity index (χ3n) is 4.93. The predicted molar refractivity (Wildman–Crippen MR) is 92.3 cm³/mol. The Kier molecular flexibility index (Phi) is 5.19. The number of nitrogen functional groups attached to an aromatic ring is 1. The van der Waals surface area contributed by atoms with Crippen molar-refractivity contribution in [1.29, 1.82) is 0 Å². The molecule has 21 heavy (non-hydrogen) atoms. The van der Waals surface area contributed by atoms with Gasteiger partial charge >= 0.3 is 0 Å². The van der Waals surface area contributed by atoms with Crippen LogP contribution >= 0.6 is 15.9 Å². The standard InChI is InChI=1S/C17H26BrN3/c18-17-5-4-15(19)12-14(17)13-20-10-6-16(7-11-20)21-8-2-1-3-9-21/h4-5,12,16H,1-3,6-11,13,19H2. The average Bonchev–Trinajstić information content (AvgIpc) is 2.53. The normalized spacial score (nSPS) is 22.5. The number of anilines is 1. The zero-order valence-electron chi connectivity index (χ0n) is 12.7. The molecule has 2 heterocycles. The summed E-state index contributed by atoms with van der Waals surface area (Å²) in [5.41, 5.74) is 8.08. The lowest BCUT2D eigenvalue weighted by molar-refractivity contribution is 0.0896. The van der Waals surface area contributed by atoms with E-state index in [1.54, 1.807) is 0 Å². The van der Waals surface area contributed by atoms with Crippen LogP contribution in [0.4, 0.5) is 5.69 Å². The van der Waals surface area contributed by atoms with Crippen molar-refractivity contribution in [1.82, 2.24) is 9.80 Å². The number of rotatable bonds is 3. The Balaban J connectivity index is 1.52. The Hall–Kier alpha value is -0.580. The lowest BCUT2D eigenvalue weighted by atomic mass is 9.99. The van der Waals surface area contributed by atoms with Crippen LogP contribution in [0, 0.1) is 0 Å². The van der Waals surface area contributed by atoms with Gasteiger partial charge in [-0.05, 0) is 75.6 Å². The number of likely N-dealkylation sites (tertiary alicyclic amines) is 2. The summed E-state index contributed by atoms with van der Waals surface area (Å²) in [6.07, 6.45) is 6.87. The van der Waals surface area contributed by atoms with E-state index in [-0.39, 0.29) is 0 Å². The lowest BCUT2D eigenvalue weighted by Crippen LogP contribution is -2.46. The minimum atomic E-state index is 0.825. The van der Waals surface area contributed by atoms with Crippen LogP contribution in [0.15, 0.2) is 22.7 Å². The van der Waals surface area contributed by atoms with E-state index in [1.165, 1.54) is 68.3 Å². The summed E-state index contributed by atoms with van der Waals surface area (Å²) in [6, 6.07) is 6.94. The van der Waals surface area contributed by atoms with Gasteiger partial charge in [-0.2, -0.15) is 0 Å². The van der Waals surface area contributed by atoms with Gasteiger partial charge in [0.15, 0.2) is 0 Å². The third kappa shape index (κ3) is 3.99. The van der Waals surface area contributed by atoms with Crippen molar-refractivity contribution < 1.29 is 0 Å². The first kappa shape index (κ1) is 15.3. The monoisotopic (exact) mass is 351 g/mol. The van der Waals surface area contributed by atoms with Crippen LogP contribution in [0.1, 0.15) is 37.7 Å². The highest BCUT2D eigenvalue weighted by Crippen LogP contribution is 2.25. The predicted octanol–water partition coefficient (Wildman–Crippen LogP) is 3.48. The SMILES string of the molecule is Nc1ccc(Br)c(CN2CCC(N3CCCCC3)CC2)c1. The van der Waals surface area contributed by atoms with Crippen LogP contribution in [0.25, 0.3) is 0 Å². The molecule has 2 fully saturated rings. The van der Waals surface area contributed by atoms with Crippen LogP contribution in [0.5, 0.6) is 0 Å². The van der Waals surface area contributed by atoms with Gasteiger partial charge in [-0.25, -0.2) is 0 Å². The van der Waals surface area contributed by atoms with Crippen LogP contribution in [-0.2, 0) is 6.54 Å². The topological polar surface area (TPSA) is 32.5 Å². The first-order valence-corrected chi connectivity index (χ1v) is 9.02. The molecule has 2 saturated heterocycles. The van der Waals surface area contributed by atoms with Gasteiger partial charge in [0.2, 0.25) is 0 Å². The molecule has 3 rings (SSSR count). The molecule has 4 heteroatoms. The summed E-state index contributed by atoms with van der Waals surface area (Å²) in [6.45, 7) is 6.08. The van der Waals surface area contributed by atoms with Crippen molar-refractivity contribution in [2.45, 2.75) is 44.7 Å². The summed E-state index contributed by atoms with van der Waals surface area (Å²) in [5, 5.41) is 0. The summed E-state index contributed by atoms with van der Waals surface area (Å²) in [7, 11) is 0. The van der Waals surface area contributed by atoms with E-state index in [9.17, 15) is 0 Å². The smallest absolute Gasteiger partial charge is 0.0318 e. The molecule has 0 amide bonds. The second-order valence-electron chi connectivity index (χ2n) is 6.45. The zero-order valence-corrected chi connectivity index (χ0v) is 14.3. The molecular formula is C17H26BrN3. The number of nitrogens with zero attached hydrogens (tertiary/aromatic N) is 2. The van der Waals surface area contributed by atoms with Crippen molar-refractivity contribution in [3.05, 3.63) is 28.2 Å². The zero-order chi connectivity index (χ0) is 14.7. The second kappa shape index (κ2) is 7.12. The number of piperidine rings is 2. The summed E-state index contributed by atoms with van der Waals surface area (Å²) in [5.74, 6) is 0. The van der Waals surface area contributed by atoms with Crippen molar-refractivity contribution in [2.75, 3.05) is 31.9 Å². The van der Waals surface area contributed by atoms with Gasteiger partial charge in [0.25, 0.3) is 0 Å². The molecule has 1 aromatic carbocycles. The molecule has 0 saturated carbocycles. The fraction of sp³-hybridized carbons (Fsp3) is 0.647. The Morgan fingerprint density at radius 3 is 2.48 bits per heavy atom. The molecule has 0 atom stereocenters. The fourth-order valence-corrected chi connectivity index (χ4v) is 4.05. The van der Waals surface area contributed by atoms with Crippen LogP contribution in [-0.4, -0.2) is 42.0 Å². The molecule has 2 N–H and O–H groups in total. The largest absolute Gasteiger partial charge is 0.399 e. The quantitative estimate of drug-likeness (QED) is 0.846. The molecule has 0 unspecified atom stereocenters. The maximum atomic E-state index is 5.91. The number of hydrogen-bond acceptors (Lipinski definition) is 3. The van der Waals surface area contributed by atoms with Gasteiger partial charge in [0.05, 0.1) is 0 Å². The average molecular weight is 352 g/mol. The van der Waals surface area contributed by atoms with Gasteiger partial charge in [0.1, 0.15) is 0 Å². The summed E-state index contributed by atoms with van der Waals surface area (Å²) in [4.78, 5) is 5.30. The molecule has 116 valence electrons. The molecular weight excluding hydrogens is 326 g/mol. The van der Waals surface area contributed by atoms with E-state index in [1.807, 2.05) is 6.07 Å². The number of hydrogen-bond donors (Lipinski definition) is 1. The molecule has 1 aromatic rings. The highest BCUT2D eigenvalue weighted by atomic mass is 79.9. The molecule has 0 radical (unpaired) electrons. The Morgan fingerprint density at radius 2 is 1.76 bits per heavy atom. The molecule has 0 bridgehead atoms. The van der Waals surface area contributed by atoms with E-state index in [2.05, 4.69) is 37.9 Å². The number of benzene rings is 1. The van der Waals surface area contributed by atoms with E-state index in [0.717, 1.165) is 18.3 Å². The fourth-order valence-electron chi connectivity index (χ4n) is 3.68. The molecule has 2 aliphatic heterocycles. The molecule has 0 aliphatic carbocycles. The van der Waals surface area contributed by atoms with Gasteiger partial charge in [-0.1, -0.05) is 22.4 Å². The van der Waals surface area contributed by atoms with Crippen molar-refractivity contribution in [3.8, 4) is 0 Å². The molecule has 3 nitrogen and oxygen atoms in total.